The van der Waals surface area contributed by atoms with E-state index in [0.29, 0.717) is 42.2 Å². The number of carbonyl (C=O) groups is 2. The fraction of sp³-hybridized carbons (Fsp3) is 0.524. The summed E-state index contributed by atoms with van der Waals surface area (Å²) < 4.78 is 16.8. The lowest BCUT2D eigenvalue weighted by molar-refractivity contribution is -0.143. The van der Waals surface area contributed by atoms with E-state index in [4.69, 9.17) is 37.4 Å². The number of allylic oxidation sites excluding steroid dienone is 1. The lowest BCUT2D eigenvalue weighted by Crippen LogP contribution is -2.46. The van der Waals surface area contributed by atoms with Crippen LogP contribution in [0.15, 0.2) is 17.3 Å². The van der Waals surface area contributed by atoms with E-state index in [1.54, 1.807) is 19.9 Å². The van der Waals surface area contributed by atoms with Gasteiger partial charge in [-0.3, -0.25) is 0 Å². The second kappa shape index (κ2) is 10.8. The largest absolute Gasteiger partial charge is 0.492 e. The number of carbonyl (C=O) groups excluding carboxylic acids is 2. The quantitative estimate of drug-likeness (QED) is 0.499. The minimum absolute atomic E-state index is 0.183. The van der Waals surface area contributed by atoms with E-state index >= 15 is 0 Å². The first-order valence-corrected chi connectivity index (χ1v) is 10.8. The minimum atomic E-state index is -0.848. The van der Waals surface area contributed by atoms with Gasteiger partial charge in [0.2, 0.25) is 0 Å². The number of hydrogen-bond donors (Lipinski definition) is 2. The summed E-state index contributed by atoms with van der Waals surface area (Å²) in [4.78, 5) is 25.4. The van der Waals surface area contributed by atoms with Crippen molar-refractivity contribution in [2.45, 2.75) is 59.6 Å². The Labute approximate surface area is 187 Å². The van der Waals surface area contributed by atoms with Gasteiger partial charge in [0.25, 0.3) is 0 Å². The molecule has 0 bridgehead atoms. The number of esters is 1. The van der Waals surface area contributed by atoms with Crippen molar-refractivity contribution >= 4 is 35.2 Å². The summed E-state index contributed by atoms with van der Waals surface area (Å²) in [6.45, 7) is 9.78. The molecule has 1 heterocycles. The fourth-order valence-electron chi connectivity index (χ4n) is 3.20. The molecule has 2 amide bonds. The van der Waals surface area contributed by atoms with Crippen LogP contribution in [0.25, 0.3) is 0 Å². The molecule has 7 nitrogen and oxygen atoms in total. The first-order valence-electron chi connectivity index (χ1n) is 10.0. The van der Waals surface area contributed by atoms with Crippen LogP contribution in [0.5, 0.6) is 11.5 Å². The molecule has 0 saturated heterocycles. The zero-order valence-electron chi connectivity index (χ0n) is 17.9. The van der Waals surface area contributed by atoms with Crippen molar-refractivity contribution in [3.63, 3.8) is 0 Å². The molecule has 0 aliphatic carbocycles. The number of benzene rings is 1. The molecule has 1 atom stereocenters. The van der Waals surface area contributed by atoms with Crippen LogP contribution in [-0.2, 0) is 9.53 Å². The molecule has 30 heavy (non-hydrogen) atoms. The van der Waals surface area contributed by atoms with Gasteiger partial charge in [-0.1, -0.05) is 36.5 Å². The SMILES string of the molecule is CCCC1=C(C(=O)OC(C)C)C(c2cc(Cl)c(OCC)c(Cl)c2OCC)NC(=O)N1. The summed E-state index contributed by atoms with van der Waals surface area (Å²) in [6.07, 6.45) is 0.892. The van der Waals surface area contributed by atoms with Crippen LogP contribution in [0.4, 0.5) is 4.79 Å². The van der Waals surface area contributed by atoms with E-state index in [2.05, 4.69) is 10.6 Å². The molecule has 1 aromatic carbocycles. The number of hydrogen-bond acceptors (Lipinski definition) is 5. The van der Waals surface area contributed by atoms with Crippen molar-refractivity contribution in [2.75, 3.05) is 13.2 Å². The molecule has 9 heteroatoms. The lowest BCUT2D eigenvalue weighted by atomic mass is 9.93. The molecular weight excluding hydrogens is 431 g/mol. The Morgan fingerprint density at radius 3 is 2.33 bits per heavy atom. The lowest BCUT2D eigenvalue weighted by Gasteiger charge is -2.31. The standard InChI is InChI=1S/C21H28Cl2N2O5/c1-6-9-14-15(20(26)30-11(4)5)17(25-21(27)24-14)12-10-13(22)19(29-8-3)16(23)18(12)28-7-2/h10-11,17H,6-9H2,1-5H3,(H2,24,25,27). The second-order valence-electron chi connectivity index (χ2n) is 6.91. The summed E-state index contributed by atoms with van der Waals surface area (Å²) in [5.74, 6) is 0.0526. The molecule has 1 aromatic rings. The van der Waals surface area contributed by atoms with Crippen LogP contribution in [-0.4, -0.2) is 31.3 Å². The van der Waals surface area contributed by atoms with Gasteiger partial charge in [-0.25, -0.2) is 9.59 Å². The molecule has 2 rings (SSSR count). The Bertz CT molecular complexity index is 839. The van der Waals surface area contributed by atoms with E-state index in [-0.39, 0.29) is 21.9 Å². The average molecular weight is 459 g/mol. The molecule has 166 valence electrons. The van der Waals surface area contributed by atoms with Gasteiger partial charge in [0.15, 0.2) is 5.75 Å². The molecule has 0 fully saturated rings. The Hall–Kier alpha value is -2.12. The number of halogens is 2. The summed E-state index contributed by atoms with van der Waals surface area (Å²) in [7, 11) is 0. The zero-order chi connectivity index (χ0) is 22.4. The van der Waals surface area contributed by atoms with E-state index < -0.39 is 18.0 Å². The van der Waals surface area contributed by atoms with Gasteiger partial charge in [0.1, 0.15) is 10.8 Å². The van der Waals surface area contributed by atoms with E-state index in [0.717, 1.165) is 6.42 Å². The molecule has 0 aromatic heterocycles. The van der Waals surface area contributed by atoms with Gasteiger partial charge in [0.05, 0.1) is 36.0 Å². The van der Waals surface area contributed by atoms with Gasteiger partial charge in [-0.05, 0) is 40.2 Å². The topological polar surface area (TPSA) is 85.9 Å². The van der Waals surface area contributed by atoms with Gasteiger partial charge in [-0.15, -0.1) is 0 Å². The summed E-state index contributed by atoms with van der Waals surface area (Å²) in [6, 6.07) is 0.318. The molecule has 1 unspecified atom stereocenters. The molecular formula is C21H28Cl2N2O5. The van der Waals surface area contributed by atoms with Crippen LogP contribution in [0.2, 0.25) is 10.0 Å². The monoisotopic (exact) mass is 458 g/mol. The average Bonchev–Trinajstić information content (AvgIpc) is 2.66. The number of ether oxygens (including phenoxy) is 3. The van der Waals surface area contributed by atoms with Crippen LogP contribution in [0.1, 0.15) is 59.1 Å². The summed E-state index contributed by atoms with van der Waals surface area (Å²) in [5.41, 5.74) is 1.25. The van der Waals surface area contributed by atoms with Crippen LogP contribution in [0, 0.1) is 0 Å². The highest BCUT2D eigenvalue weighted by Gasteiger charge is 2.37. The molecule has 1 aliphatic heterocycles. The maximum Gasteiger partial charge on any atom is 0.338 e. The third-order valence-corrected chi connectivity index (χ3v) is 4.89. The second-order valence-corrected chi connectivity index (χ2v) is 7.70. The summed E-state index contributed by atoms with van der Waals surface area (Å²) >= 11 is 13.0. The Balaban J connectivity index is 2.72. The van der Waals surface area contributed by atoms with Crippen LogP contribution >= 0.6 is 23.2 Å². The maximum absolute atomic E-state index is 13.0. The molecule has 1 aliphatic rings. The zero-order valence-corrected chi connectivity index (χ0v) is 19.4. The smallest absolute Gasteiger partial charge is 0.338 e. The van der Waals surface area contributed by atoms with Crippen molar-refractivity contribution < 1.29 is 23.8 Å². The Morgan fingerprint density at radius 1 is 1.13 bits per heavy atom. The molecule has 0 radical (unpaired) electrons. The highest BCUT2D eigenvalue weighted by Crippen LogP contribution is 2.46. The highest BCUT2D eigenvalue weighted by molar-refractivity contribution is 6.38. The first kappa shape index (κ1) is 24.2. The van der Waals surface area contributed by atoms with Crippen molar-refractivity contribution in [3.05, 3.63) is 32.9 Å². The number of urea groups is 1. The Kier molecular flexibility index (Phi) is 8.67. The van der Waals surface area contributed by atoms with E-state index in [1.807, 2.05) is 20.8 Å². The Morgan fingerprint density at radius 2 is 1.77 bits per heavy atom. The van der Waals surface area contributed by atoms with Crippen molar-refractivity contribution in [2.24, 2.45) is 0 Å². The molecule has 0 spiro atoms. The van der Waals surface area contributed by atoms with Crippen molar-refractivity contribution in [1.82, 2.24) is 10.6 Å². The number of nitrogens with one attached hydrogen (secondary N) is 2. The normalized spacial score (nSPS) is 16.3. The first-order chi connectivity index (χ1) is 14.2. The highest BCUT2D eigenvalue weighted by atomic mass is 35.5. The molecule has 0 saturated carbocycles. The van der Waals surface area contributed by atoms with Crippen molar-refractivity contribution in [3.8, 4) is 11.5 Å². The van der Waals surface area contributed by atoms with Crippen molar-refractivity contribution in [1.29, 1.82) is 0 Å². The van der Waals surface area contributed by atoms with Gasteiger partial charge < -0.3 is 24.8 Å². The third-order valence-electron chi connectivity index (χ3n) is 4.26. The van der Waals surface area contributed by atoms with E-state index in [1.165, 1.54) is 0 Å². The van der Waals surface area contributed by atoms with Gasteiger partial charge >= 0.3 is 12.0 Å². The minimum Gasteiger partial charge on any atom is -0.492 e. The fourth-order valence-corrected chi connectivity index (χ4v) is 3.84. The van der Waals surface area contributed by atoms with Crippen LogP contribution in [0.3, 0.4) is 0 Å². The summed E-state index contributed by atoms with van der Waals surface area (Å²) in [5, 5.41) is 5.95. The number of amides is 2. The molecule has 2 N–H and O–H groups in total. The predicted molar refractivity (Wildman–Crippen MR) is 116 cm³/mol. The van der Waals surface area contributed by atoms with Gasteiger partial charge in [-0.2, -0.15) is 0 Å². The maximum atomic E-state index is 13.0. The van der Waals surface area contributed by atoms with E-state index in [9.17, 15) is 9.59 Å². The number of rotatable bonds is 9. The third kappa shape index (κ3) is 5.32. The van der Waals surface area contributed by atoms with Gasteiger partial charge in [0, 0.05) is 11.3 Å². The predicted octanol–water partition coefficient (Wildman–Crippen LogP) is 5.15. The van der Waals surface area contributed by atoms with Crippen LogP contribution < -0.4 is 20.1 Å².